The van der Waals surface area contributed by atoms with Crippen LogP contribution in [-0.2, 0) is 4.79 Å². The van der Waals surface area contributed by atoms with Crippen LogP contribution in [0.3, 0.4) is 0 Å². The van der Waals surface area contributed by atoms with E-state index in [4.69, 9.17) is 11.6 Å². The summed E-state index contributed by atoms with van der Waals surface area (Å²) in [6.07, 6.45) is 5.00. The minimum Gasteiger partial charge on any atom is -0.390 e. The molecule has 138 valence electrons. The van der Waals surface area contributed by atoms with Gasteiger partial charge in [-0.3, -0.25) is 4.79 Å². The van der Waals surface area contributed by atoms with E-state index in [1.165, 1.54) is 0 Å². The van der Waals surface area contributed by atoms with E-state index >= 15 is 0 Å². The lowest BCUT2D eigenvalue weighted by molar-refractivity contribution is -0.174. The number of piperidine rings is 2. The molecule has 6 heteroatoms. The summed E-state index contributed by atoms with van der Waals surface area (Å²) in [6.45, 7) is 2.04. The summed E-state index contributed by atoms with van der Waals surface area (Å²) in [5.74, 6) is 1.65. The Balaban J connectivity index is 1.33. The second-order valence-corrected chi connectivity index (χ2v) is 9.11. The molecule has 4 bridgehead atoms. The molecule has 2 aromatic rings. The van der Waals surface area contributed by atoms with Crippen LogP contribution in [0, 0.1) is 5.92 Å². The van der Waals surface area contributed by atoms with Gasteiger partial charge in [0, 0.05) is 29.4 Å². The van der Waals surface area contributed by atoms with Crippen molar-refractivity contribution in [3.63, 3.8) is 0 Å². The van der Waals surface area contributed by atoms with Crippen molar-refractivity contribution < 1.29 is 9.90 Å². The Morgan fingerprint density at radius 1 is 1.38 bits per heavy atom. The molecule has 3 heterocycles. The zero-order chi connectivity index (χ0) is 18.1. The summed E-state index contributed by atoms with van der Waals surface area (Å²) in [5.41, 5.74) is 1.27. The highest BCUT2D eigenvalue weighted by atomic mass is 35.5. The van der Waals surface area contributed by atoms with Gasteiger partial charge in [0.1, 0.15) is 5.82 Å². The van der Waals surface area contributed by atoms with Crippen molar-refractivity contribution in [3.8, 4) is 0 Å². The van der Waals surface area contributed by atoms with Gasteiger partial charge in [-0.15, -0.1) is 0 Å². The molecule has 5 nitrogen and oxygen atoms in total. The third-order valence-corrected chi connectivity index (χ3v) is 6.83. The molecule has 0 spiro atoms. The zero-order valence-electron chi connectivity index (χ0n) is 14.9. The van der Waals surface area contributed by atoms with Crippen molar-refractivity contribution in [2.24, 2.45) is 5.92 Å². The van der Waals surface area contributed by atoms with E-state index in [-0.39, 0.29) is 23.9 Å². The fourth-order valence-corrected chi connectivity index (χ4v) is 5.86. The van der Waals surface area contributed by atoms with Crippen molar-refractivity contribution in [1.82, 2.24) is 14.9 Å². The summed E-state index contributed by atoms with van der Waals surface area (Å²) < 4.78 is 0. The van der Waals surface area contributed by atoms with Crippen LogP contribution in [0.25, 0.3) is 11.0 Å². The van der Waals surface area contributed by atoms with Crippen LogP contribution >= 0.6 is 11.6 Å². The Kier molecular flexibility index (Phi) is 3.63. The van der Waals surface area contributed by atoms with Crippen molar-refractivity contribution in [2.45, 2.75) is 69.1 Å². The maximum atomic E-state index is 13.1. The number of carbonyl (C=O) groups is 1. The van der Waals surface area contributed by atoms with E-state index in [9.17, 15) is 9.90 Å². The number of halogens is 1. The van der Waals surface area contributed by atoms with E-state index in [1.54, 1.807) is 0 Å². The largest absolute Gasteiger partial charge is 0.390 e. The quantitative estimate of drug-likeness (QED) is 0.863. The van der Waals surface area contributed by atoms with Gasteiger partial charge < -0.3 is 15.0 Å². The monoisotopic (exact) mass is 373 g/mol. The van der Waals surface area contributed by atoms with Gasteiger partial charge in [0.05, 0.1) is 16.6 Å². The van der Waals surface area contributed by atoms with Crippen LogP contribution in [0.15, 0.2) is 18.2 Å². The van der Waals surface area contributed by atoms with E-state index in [1.807, 2.05) is 25.1 Å². The number of fused-ring (bicyclic) bond motifs is 1. The lowest BCUT2D eigenvalue weighted by atomic mass is 9.61. The van der Waals surface area contributed by atoms with Crippen LogP contribution in [0.5, 0.6) is 0 Å². The van der Waals surface area contributed by atoms with E-state index in [2.05, 4.69) is 14.9 Å². The second kappa shape index (κ2) is 5.70. The first-order valence-electron chi connectivity index (χ1n) is 9.59. The number of benzene rings is 1. The summed E-state index contributed by atoms with van der Waals surface area (Å²) in [5, 5.41) is 11.4. The Morgan fingerprint density at radius 2 is 2.12 bits per heavy atom. The summed E-state index contributed by atoms with van der Waals surface area (Å²) >= 11 is 6.05. The molecule has 6 rings (SSSR count). The third-order valence-electron chi connectivity index (χ3n) is 6.60. The molecule has 2 saturated carbocycles. The molecule has 2 N–H and O–H groups in total. The number of nitrogens with zero attached hydrogens (tertiary/aromatic N) is 2. The van der Waals surface area contributed by atoms with Gasteiger partial charge in [-0.05, 0) is 56.2 Å². The highest BCUT2D eigenvalue weighted by molar-refractivity contribution is 6.31. The Bertz CT molecular complexity index is 863. The van der Waals surface area contributed by atoms with Crippen LogP contribution in [-0.4, -0.2) is 43.6 Å². The number of imidazole rings is 1. The smallest absolute Gasteiger partial charge is 0.223 e. The molecule has 3 atom stereocenters. The van der Waals surface area contributed by atoms with E-state index < -0.39 is 5.60 Å². The SMILES string of the molecule is CC(CC(=O)N1C2CC3CC1CC(O)(C3)C2)c1nc2ccc(Cl)cc2[nH]1. The number of H-pyrrole nitrogens is 1. The van der Waals surface area contributed by atoms with Gasteiger partial charge in [0.15, 0.2) is 0 Å². The summed E-state index contributed by atoms with van der Waals surface area (Å²) in [4.78, 5) is 23.1. The first-order chi connectivity index (χ1) is 12.4. The van der Waals surface area contributed by atoms with Gasteiger partial charge in [-0.1, -0.05) is 18.5 Å². The van der Waals surface area contributed by atoms with Gasteiger partial charge in [-0.25, -0.2) is 4.98 Å². The summed E-state index contributed by atoms with van der Waals surface area (Å²) in [6, 6.07) is 6.04. The molecule has 2 aliphatic heterocycles. The van der Waals surface area contributed by atoms with Crippen molar-refractivity contribution in [1.29, 1.82) is 0 Å². The fourth-order valence-electron chi connectivity index (χ4n) is 5.69. The molecule has 4 aliphatic rings. The number of aromatic amines is 1. The molecular weight excluding hydrogens is 350 g/mol. The molecule has 3 unspecified atom stereocenters. The lowest BCUT2D eigenvalue weighted by Crippen LogP contribution is -2.65. The van der Waals surface area contributed by atoms with Gasteiger partial charge in [-0.2, -0.15) is 0 Å². The highest BCUT2D eigenvalue weighted by Gasteiger charge is 2.54. The van der Waals surface area contributed by atoms with Crippen LogP contribution in [0.4, 0.5) is 0 Å². The normalized spacial score (nSPS) is 33.8. The van der Waals surface area contributed by atoms with Crippen molar-refractivity contribution >= 4 is 28.5 Å². The number of hydrogen-bond acceptors (Lipinski definition) is 3. The average molecular weight is 374 g/mol. The Labute approximate surface area is 157 Å². The zero-order valence-corrected chi connectivity index (χ0v) is 15.7. The first kappa shape index (κ1) is 16.6. The number of hydrogen-bond donors (Lipinski definition) is 2. The maximum Gasteiger partial charge on any atom is 0.223 e. The minimum absolute atomic E-state index is 0.0222. The molecule has 0 radical (unpaired) electrons. The van der Waals surface area contributed by atoms with Crippen LogP contribution < -0.4 is 0 Å². The number of aromatic nitrogens is 2. The topological polar surface area (TPSA) is 69.2 Å². The molecular formula is C20H24ClN3O2. The number of rotatable bonds is 3. The fraction of sp³-hybridized carbons (Fsp3) is 0.600. The summed E-state index contributed by atoms with van der Waals surface area (Å²) in [7, 11) is 0. The average Bonchev–Trinajstić information content (AvgIpc) is 2.96. The molecule has 4 fully saturated rings. The molecule has 2 saturated heterocycles. The maximum absolute atomic E-state index is 13.1. The number of aliphatic hydroxyl groups is 1. The van der Waals surface area contributed by atoms with Gasteiger partial charge >= 0.3 is 0 Å². The minimum atomic E-state index is -0.517. The molecule has 1 aromatic carbocycles. The predicted molar refractivity (Wildman–Crippen MR) is 100 cm³/mol. The van der Waals surface area contributed by atoms with Crippen LogP contribution in [0.1, 0.15) is 57.2 Å². The highest BCUT2D eigenvalue weighted by Crippen LogP contribution is 2.51. The first-order valence-corrected chi connectivity index (χ1v) is 9.97. The third kappa shape index (κ3) is 2.64. The molecule has 26 heavy (non-hydrogen) atoms. The lowest BCUT2D eigenvalue weighted by Gasteiger charge is -2.59. The van der Waals surface area contributed by atoms with E-state index in [0.29, 0.717) is 17.4 Å². The van der Waals surface area contributed by atoms with E-state index in [0.717, 1.165) is 49.0 Å². The molecule has 1 amide bonds. The molecule has 2 aliphatic carbocycles. The van der Waals surface area contributed by atoms with Gasteiger partial charge in [0.2, 0.25) is 5.91 Å². The number of carbonyl (C=O) groups excluding carboxylic acids is 1. The predicted octanol–water partition coefficient (Wildman–Crippen LogP) is 3.61. The number of nitrogens with one attached hydrogen (secondary N) is 1. The van der Waals surface area contributed by atoms with Crippen LogP contribution in [0.2, 0.25) is 5.02 Å². The molecule has 1 aromatic heterocycles. The Morgan fingerprint density at radius 3 is 2.81 bits per heavy atom. The van der Waals surface area contributed by atoms with Gasteiger partial charge in [0.25, 0.3) is 0 Å². The van der Waals surface area contributed by atoms with Crippen molar-refractivity contribution in [2.75, 3.05) is 0 Å². The van der Waals surface area contributed by atoms with Crippen molar-refractivity contribution in [3.05, 3.63) is 29.0 Å². The number of amides is 1. The standard InChI is InChI=1S/C20H24ClN3O2/c1-11(19-22-16-3-2-13(21)7-17(16)23-19)4-18(25)24-14-5-12-6-15(24)10-20(26,8-12)9-14/h2-3,7,11-12,14-15,26H,4-6,8-10H2,1H3,(H,22,23). The second-order valence-electron chi connectivity index (χ2n) is 8.67. The Hall–Kier alpha value is -1.59.